The maximum absolute atomic E-state index is 11.0. The van der Waals surface area contributed by atoms with Gasteiger partial charge in [0.25, 0.3) is 0 Å². The largest absolute Gasteiger partial charge is 0.491 e. The number of aliphatic hydroxyl groups is 1. The van der Waals surface area contributed by atoms with Gasteiger partial charge in [-0.2, -0.15) is 0 Å². The molecule has 0 atom stereocenters. The molecule has 1 heterocycles. The number of likely N-dealkylation sites (tertiary alicyclic amines) is 1. The second kappa shape index (κ2) is 12.8. The molecule has 2 aromatic rings. The Morgan fingerprint density at radius 1 is 1.03 bits per heavy atom. The Bertz CT molecular complexity index is 761. The predicted molar refractivity (Wildman–Crippen MR) is 136 cm³/mol. The van der Waals surface area contributed by atoms with Gasteiger partial charge in [0.1, 0.15) is 5.75 Å². The number of hydrogen-bond donors (Lipinski definition) is 1. The molecule has 0 bridgehead atoms. The molecule has 0 aliphatic carbocycles. The van der Waals surface area contributed by atoms with Gasteiger partial charge in [0.05, 0.1) is 11.7 Å². The number of nitrogens with zero attached hydrogens (tertiary/aromatic N) is 2. The van der Waals surface area contributed by atoms with Gasteiger partial charge in [0, 0.05) is 43.9 Å². The molecule has 1 aliphatic heterocycles. The van der Waals surface area contributed by atoms with E-state index in [-0.39, 0.29) is 30.9 Å². The Hall–Kier alpha value is -1.17. The summed E-state index contributed by atoms with van der Waals surface area (Å²) in [5, 5.41) is 11.8. The van der Waals surface area contributed by atoms with Crippen LogP contribution in [0.5, 0.6) is 5.75 Å². The van der Waals surface area contributed by atoms with Gasteiger partial charge >= 0.3 is 0 Å². The minimum Gasteiger partial charge on any atom is -0.491 e. The van der Waals surface area contributed by atoms with E-state index in [1.54, 1.807) is 0 Å². The summed E-state index contributed by atoms with van der Waals surface area (Å²) >= 11 is 5.97. The fourth-order valence-corrected chi connectivity index (χ4v) is 3.91. The van der Waals surface area contributed by atoms with Crippen LogP contribution in [0.15, 0.2) is 48.5 Å². The molecule has 2 aromatic carbocycles. The molecule has 3 rings (SSSR count). The van der Waals surface area contributed by atoms with E-state index in [1.165, 1.54) is 5.56 Å². The highest BCUT2D eigenvalue weighted by atomic mass is 35.5. The topological polar surface area (TPSA) is 35.9 Å². The number of anilines is 1. The van der Waals surface area contributed by atoms with E-state index in [9.17, 15) is 5.11 Å². The molecule has 7 heteroatoms. The third-order valence-electron chi connectivity index (χ3n) is 5.67. The van der Waals surface area contributed by atoms with Crippen LogP contribution >= 0.6 is 36.4 Å². The highest BCUT2D eigenvalue weighted by molar-refractivity contribution is 6.30. The zero-order valence-electron chi connectivity index (χ0n) is 18.6. The molecule has 0 spiro atoms. The average molecular weight is 490 g/mol. The van der Waals surface area contributed by atoms with Crippen LogP contribution in [0.3, 0.4) is 0 Å². The van der Waals surface area contributed by atoms with Crippen molar-refractivity contribution in [3.8, 4) is 5.75 Å². The Morgan fingerprint density at radius 2 is 1.61 bits per heavy atom. The van der Waals surface area contributed by atoms with Crippen LogP contribution in [0.1, 0.15) is 38.7 Å². The first-order valence-electron chi connectivity index (χ1n) is 10.5. The summed E-state index contributed by atoms with van der Waals surface area (Å²) in [7, 11) is 2.08. The molecule has 0 radical (unpaired) electrons. The molecule has 0 aromatic heterocycles. The first kappa shape index (κ1) is 27.9. The summed E-state index contributed by atoms with van der Waals surface area (Å²) in [5.41, 5.74) is 1.83. The van der Waals surface area contributed by atoms with Crippen molar-refractivity contribution < 1.29 is 9.84 Å². The highest BCUT2D eigenvalue weighted by Crippen LogP contribution is 2.28. The molecule has 0 unspecified atom stereocenters. The second-order valence-electron chi connectivity index (χ2n) is 8.46. The van der Waals surface area contributed by atoms with E-state index >= 15 is 0 Å². The maximum Gasteiger partial charge on any atom is 0.119 e. The van der Waals surface area contributed by atoms with E-state index in [4.69, 9.17) is 16.3 Å². The van der Waals surface area contributed by atoms with Gasteiger partial charge in [-0.25, -0.2) is 0 Å². The van der Waals surface area contributed by atoms with E-state index in [1.807, 2.05) is 38.1 Å². The van der Waals surface area contributed by atoms with Crippen LogP contribution in [0.4, 0.5) is 5.69 Å². The minimum absolute atomic E-state index is 0. The van der Waals surface area contributed by atoms with E-state index in [0.29, 0.717) is 0 Å². The van der Waals surface area contributed by atoms with Crippen molar-refractivity contribution in [2.24, 2.45) is 0 Å². The summed E-state index contributed by atoms with van der Waals surface area (Å²) in [4.78, 5) is 4.62. The van der Waals surface area contributed by atoms with Crippen LogP contribution in [0, 0.1) is 0 Å². The molecular formula is C24H35Cl3N2O2. The molecule has 1 N–H and O–H groups in total. The lowest BCUT2D eigenvalue weighted by Gasteiger charge is -2.39. The fourth-order valence-electron chi connectivity index (χ4n) is 3.78. The summed E-state index contributed by atoms with van der Waals surface area (Å²) < 4.78 is 5.71. The predicted octanol–water partition coefficient (Wildman–Crippen LogP) is 5.82. The van der Waals surface area contributed by atoms with E-state index in [2.05, 4.69) is 41.1 Å². The smallest absolute Gasteiger partial charge is 0.119 e. The van der Waals surface area contributed by atoms with Crippen LogP contribution in [-0.2, 0) is 6.54 Å². The Balaban J connectivity index is 0.00000240. The third kappa shape index (κ3) is 8.70. The first-order valence-corrected chi connectivity index (χ1v) is 10.9. The van der Waals surface area contributed by atoms with Gasteiger partial charge in [0.2, 0.25) is 0 Å². The molecule has 174 valence electrons. The molecule has 1 saturated heterocycles. The molecule has 0 saturated carbocycles. The second-order valence-corrected chi connectivity index (χ2v) is 8.90. The van der Waals surface area contributed by atoms with Crippen LogP contribution in [0.25, 0.3) is 0 Å². The van der Waals surface area contributed by atoms with Crippen molar-refractivity contribution >= 4 is 42.1 Å². The van der Waals surface area contributed by atoms with Crippen molar-refractivity contribution in [3.05, 3.63) is 59.1 Å². The maximum atomic E-state index is 11.0. The van der Waals surface area contributed by atoms with Crippen molar-refractivity contribution in [1.29, 1.82) is 0 Å². The Morgan fingerprint density at radius 3 is 2.16 bits per heavy atom. The number of piperidine rings is 1. The number of ether oxygens (including phenoxy) is 1. The van der Waals surface area contributed by atoms with Gasteiger partial charge < -0.3 is 14.7 Å². The van der Waals surface area contributed by atoms with Crippen LogP contribution in [0.2, 0.25) is 5.02 Å². The van der Waals surface area contributed by atoms with Crippen molar-refractivity contribution in [3.63, 3.8) is 0 Å². The lowest BCUT2D eigenvalue weighted by Crippen LogP contribution is -2.45. The fraction of sp³-hybridized carbons (Fsp3) is 0.500. The monoisotopic (exact) mass is 488 g/mol. The number of hydrogen-bond acceptors (Lipinski definition) is 4. The molecular weight excluding hydrogens is 455 g/mol. The quantitative estimate of drug-likeness (QED) is 0.506. The van der Waals surface area contributed by atoms with Gasteiger partial charge in [-0.3, -0.25) is 4.90 Å². The summed E-state index contributed by atoms with van der Waals surface area (Å²) in [5.74, 6) is 0.892. The van der Waals surface area contributed by atoms with Crippen LogP contribution < -0.4 is 9.64 Å². The summed E-state index contributed by atoms with van der Waals surface area (Å²) in [6, 6.07) is 16.2. The number of rotatable bonds is 8. The van der Waals surface area contributed by atoms with Gasteiger partial charge in [-0.05, 0) is 75.1 Å². The first-order chi connectivity index (χ1) is 13.8. The molecule has 1 aliphatic rings. The van der Waals surface area contributed by atoms with E-state index in [0.717, 1.165) is 61.9 Å². The third-order valence-corrected chi connectivity index (χ3v) is 5.92. The van der Waals surface area contributed by atoms with Gasteiger partial charge in [-0.15, -0.1) is 24.8 Å². The van der Waals surface area contributed by atoms with Crippen LogP contribution in [-0.4, -0.2) is 48.4 Å². The highest BCUT2D eigenvalue weighted by Gasteiger charge is 2.32. The van der Waals surface area contributed by atoms with Gasteiger partial charge in [0.15, 0.2) is 0 Å². The molecule has 1 fully saturated rings. The van der Waals surface area contributed by atoms with E-state index < -0.39 is 5.60 Å². The minimum atomic E-state index is -0.578. The average Bonchev–Trinajstić information content (AvgIpc) is 2.70. The van der Waals surface area contributed by atoms with Crippen molar-refractivity contribution in [2.75, 3.05) is 31.6 Å². The zero-order chi connectivity index (χ0) is 20.9. The zero-order valence-corrected chi connectivity index (χ0v) is 21.0. The normalized spacial score (nSPS) is 15.7. The molecule has 31 heavy (non-hydrogen) atoms. The summed E-state index contributed by atoms with van der Waals surface area (Å²) in [6.45, 7) is 7.65. The lowest BCUT2D eigenvalue weighted by atomic mass is 9.88. The SMILES string of the molecule is CC(C)Oc1ccc(N(C)CCC2(O)CCN(Cc3ccc(Cl)cc3)CC2)cc1.Cl.Cl. The number of halogens is 3. The lowest BCUT2D eigenvalue weighted by molar-refractivity contribution is -0.0275. The Labute approximate surface area is 204 Å². The molecule has 0 amide bonds. The van der Waals surface area contributed by atoms with Gasteiger partial charge in [-0.1, -0.05) is 23.7 Å². The van der Waals surface area contributed by atoms with Crippen molar-refractivity contribution in [2.45, 2.75) is 51.4 Å². The standard InChI is InChI=1S/C24H33ClN2O2.2ClH/c1-19(2)29-23-10-8-22(9-11-23)26(3)15-12-24(28)13-16-27(17-14-24)18-20-4-6-21(25)7-5-20;;/h4-11,19,28H,12-18H2,1-3H3;2*1H. The Kier molecular flexibility index (Phi) is 11.5. The van der Waals surface area contributed by atoms with Crippen molar-refractivity contribution in [1.82, 2.24) is 4.90 Å². The summed E-state index contributed by atoms with van der Waals surface area (Å²) in [6.07, 6.45) is 2.59. The number of benzene rings is 2. The molecule has 4 nitrogen and oxygen atoms in total.